The van der Waals surface area contributed by atoms with Crippen LogP contribution in [0.2, 0.25) is 0 Å². The van der Waals surface area contributed by atoms with Crippen LogP contribution in [0.15, 0.2) is 16.8 Å². The Labute approximate surface area is 126 Å². The molecule has 1 aliphatic heterocycles. The molecule has 0 unspecified atom stereocenters. The van der Waals surface area contributed by atoms with Crippen LogP contribution in [0.4, 0.5) is 10.6 Å². The molecule has 8 heteroatoms. The highest BCUT2D eigenvalue weighted by atomic mass is 32.2. The maximum absolute atomic E-state index is 11.3. The second-order valence-corrected chi connectivity index (χ2v) is 5.55. The Hall–Kier alpha value is -2.09. The zero-order chi connectivity index (χ0) is 15.4. The lowest BCUT2D eigenvalue weighted by molar-refractivity contribution is -0.116. The lowest BCUT2D eigenvalue weighted by Crippen LogP contribution is -2.23. The highest BCUT2D eigenvalue weighted by molar-refractivity contribution is 8.16. The molecule has 21 heavy (non-hydrogen) atoms. The number of nitrogen functional groups attached to an aromatic ring is 1. The van der Waals surface area contributed by atoms with Crippen LogP contribution in [0.3, 0.4) is 0 Å². The molecular formula is C13H16N4O3S. The molecule has 0 saturated carbocycles. The fraction of sp³-hybridized carbons (Fsp3) is 0.385. The van der Waals surface area contributed by atoms with Crippen molar-refractivity contribution in [3.05, 3.63) is 28.2 Å². The maximum Gasteiger partial charge on any atom is 0.371 e. The molecule has 0 radical (unpaired) electrons. The molecule has 2 heterocycles. The molecule has 1 aliphatic rings. The fourth-order valence-corrected chi connectivity index (χ4v) is 2.67. The molecule has 2 rings (SSSR count). The quantitative estimate of drug-likeness (QED) is 0.669. The van der Waals surface area contributed by atoms with Crippen molar-refractivity contribution >= 4 is 29.3 Å². The number of anilines is 1. The summed E-state index contributed by atoms with van der Waals surface area (Å²) in [4.78, 5) is 33.1. The Morgan fingerprint density at radius 1 is 1.62 bits per heavy atom. The van der Waals surface area contributed by atoms with Crippen LogP contribution in [-0.2, 0) is 16.1 Å². The van der Waals surface area contributed by atoms with Gasteiger partial charge in [0.2, 0.25) is 6.41 Å². The molecule has 2 N–H and O–H groups in total. The van der Waals surface area contributed by atoms with E-state index in [0.29, 0.717) is 42.3 Å². The van der Waals surface area contributed by atoms with E-state index in [0.717, 1.165) is 16.7 Å². The number of aromatic nitrogens is 2. The van der Waals surface area contributed by atoms with Crippen molar-refractivity contribution in [3.63, 3.8) is 0 Å². The van der Waals surface area contributed by atoms with E-state index in [1.165, 1.54) is 4.90 Å². The van der Waals surface area contributed by atoms with E-state index in [1.54, 1.807) is 20.0 Å². The molecule has 1 aromatic heterocycles. The van der Waals surface area contributed by atoms with Gasteiger partial charge in [-0.15, -0.1) is 0 Å². The van der Waals surface area contributed by atoms with Gasteiger partial charge in [-0.25, -0.2) is 14.8 Å². The van der Waals surface area contributed by atoms with Gasteiger partial charge < -0.3 is 15.4 Å². The number of carbonyl (C=O) groups is 2. The van der Waals surface area contributed by atoms with E-state index in [1.807, 2.05) is 0 Å². The summed E-state index contributed by atoms with van der Waals surface area (Å²) in [7, 11) is 0. The third-order valence-corrected chi connectivity index (χ3v) is 4.11. The highest BCUT2D eigenvalue weighted by Gasteiger charge is 2.20. The Balaban J connectivity index is 2.21. The van der Waals surface area contributed by atoms with Gasteiger partial charge in [-0.3, -0.25) is 4.79 Å². The minimum atomic E-state index is -0.348. The average molecular weight is 308 g/mol. The number of cyclic esters (lactones) is 1. The van der Waals surface area contributed by atoms with Crippen LogP contribution >= 0.6 is 11.8 Å². The smallest absolute Gasteiger partial charge is 0.371 e. The van der Waals surface area contributed by atoms with E-state index < -0.39 is 0 Å². The van der Waals surface area contributed by atoms with Crippen LogP contribution in [0.1, 0.15) is 24.7 Å². The lowest BCUT2D eigenvalue weighted by atomic mass is 10.2. The van der Waals surface area contributed by atoms with Crippen molar-refractivity contribution in [1.29, 1.82) is 0 Å². The molecular weight excluding hydrogens is 292 g/mol. The first-order valence-electron chi connectivity index (χ1n) is 6.35. The molecule has 1 fully saturated rings. The second-order valence-electron chi connectivity index (χ2n) is 4.52. The van der Waals surface area contributed by atoms with Crippen LogP contribution in [0.5, 0.6) is 0 Å². The topological polar surface area (TPSA) is 98.4 Å². The lowest BCUT2D eigenvalue weighted by Gasteiger charge is -2.23. The molecule has 0 spiro atoms. The minimum Gasteiger partial charge on any atom is -0.457 e. The van der Waals surface area contributed by atoms with Gasteiger partial charge in [0.15, 0.2) is 0 Å². The zero-order valence-corrected chi connectivity index (χ0v) is 12.6. The number of aryl methyl sites for hydroxylation is 1. The number of amides is 1. The first kappa shape index (κ1) is 15.3. The Morgan fingerprint density at radius 3 is 3.00 bits per heavy atom. The Kier molecular flexibility index (Phi) is 4.79. The van der Waals surface area contributed by atoms with Crippen molar-refractivity contribution in [3.8, 4) is 0 Å². The van der Waals surface area contributed by atoms with Crippen molar-refractivity contribution in [1.82, 2.24) is 14.9 Å². The van der Waals surface area contributed by atoms with E-state index in [4.69, 9.17) is 10.5 Å². The summed E-state index contributed by atoms with van der Waals surface area (Å²) in [6.45, 7) is 4.14. The first-order chi connectivity index (χ1) is 10.0. The molecule has 0 aromatic carbocycles. The second kappa shape index (κ2) is 6.57. The Bertz CT molecular complexity index is 603. The summed E-state index contributed by atoms with van der Waals surface area (Å²) in [5, 5.41) is -0.348. The molecule has 1 amide bonds. The third kappa shape index (κ3) is 3.72. The van der Waals surface area contributed by atoms with Gasteiger partial charge in [0.1, 0.15) is 11.6 Å². The van der Waals surface area contributed by atoms with E-state index >= 15 is 0 Å². The van der Waals surface area contributed by atoms with Gasteiger partial charge in [0.25, 0.3) is 0 Å². The monoisotopic (exact) mass is 308 g/mol. The summed E-state index contributed by atoms with van der Waals surface area (Å²) in [5.74, 6) is 0.928. The number of allylic oxidation sites excluding steroid dienone is 1. The molecule has 1 saturated heterocycles. The largest absolute Gasteiger partial charge is 0.457 e. The number of thioether (sulfide) groups is 1. The number of ether oxygens (including phenoxy) is 1. The molecule has 112 valence electrons. The standard InChI is InChI=1S/C13H16N4O3S/c1-8(11-3-4-20-13(19)21-11)17(7-18)6-10-5-15-9(2)16-12(10)14/h5,7H,3-4,6H2,1-2H3,(H2,14,15,16)/b11-8-. The molecule has 0 aliphatic carbocycles. The molecule has 0 atom stereocenters. The van der Waals surface area contributed by atoms with Crippen LogP contribution < -0.4 is 5.73 Å². The van der Waals surface area contributed by atoms with Crippen LogP contribution in [-0.4, -0.2) is 33.2 Å². The van der Waals surface area contributed by atoms with E-state index in [-0.39, 0.29) is 11.8 Å². The van der Waals surface area contributed by atoms with E-state index in [9.17, 15) is 9.59 Å². The van der Waals surface area contributed by atoms with Crippen molar-refractivity contribution in [2.75, 3.05) is 12.3 Å². The van der Waals surface area contributed by atoms with Gasteiger partial charge in [0, 0.05) is 28.8 Å². The SMILES string of the molecule is C/C(=C1\CCOC(=O)S1)N(C=O)Cc1cnc(C)nc1N. The Morgan fingerprint density at radius 2 is 2.38 bits per heavy atom. The number of hydrogen-bond donors (Lipinski definition) is 1. The summed E-state index contributed by atoms with van der Waals surface area (Å²) in [5.41, 5.74) is 7.21. The van der Waals surface area contributed by atoms with Gasteiger partial charge in [-0.1, -0.05) is 0 Å². The molecule has 0 bridgehead atoms. The molecule has 7 nitrogen and oxygen atoms in total. The number of hydrogen-bond acceptors (Lipinski definition) is 7. The number of carbonyl (C=O) groups excluding carboxylic acids is 2. The number of rotatable bonds is 4. The summed E-state index contributed by atoms with van der Waals surface area (Å²) in [6, 6.07) is 0. The summed E-state index contributed by atoms with van der Waals surface area (Å²) < 4.78 is 4.87. The first-order valence-corrected chi connectivity index (χ1v) is 7.17. The molecule has 1 aromatic rings. The normalized spacial score (nSPS) is 17.1. The average Bonchev–Trinajstić information content (AvgIpc) is 2.46. The van der Waals surface area contributed by atoms with Crippen LogP contribution in [0, 0.1) is 6.92 Å². The van der Waals surface area contributed by atoms with Crippen molar-refractivity contribution in [2.24, 2.45) is 0 Å². The van der Waals surface area contributed by atoms with E-state index in [2.05, 4.69) is 9.97 Å². The zero-order valence-electron chi connectivity index (χ0n) is 11.8. The van der Waals surface area contributed by atoms with Gasteiger partial charge >= 0.3 is 5.30 Å². The predicted molar refractivity (Wildman–Crippen MR) is 79.0 cm³/mol. The maximum atomic E-state index is 11.3. The number of nitrogens with two attached hydrogens (primary N) is 1. The van der Waals surface area contributed by atoms with Crippen molar-refractivity contribution < 1.29 is 14.3 Å². The predicted octanol–water partition coefficient (Wildman–Crippen LogP) is 1.83. The summed E-state index contributed by atoms with van der Waals surface area (Å²) in [6.07, 6.45) is 2.92. The summed E-state index contributed by atoms with van der Waals surface area (Å²) >= 11 is 1.01. The van der Waals surface area contributed by atoms with Crippen molar-refractivity contribution in [2.45, 2.75) is 26.8 Å². The highest BCUT2D eigenvalue weighted by Crippen LogP contribution is 2.31. The number of nitrogens with zero attached hydrogens (tertiary/aromatic N) is 3. The van der Waals surface area contributed by atoms with Gasteiger partial charge in [-0.05, 0) is 25.6 Å². The van der Waals surface area contributed by atoms with Gasteiger partial charge in [0.05, 0.1) is 13.2 Å². The third-order valence-electron chi connectivity index (χ3n) is 3.08. The van der Waals surface area contributed by atoms with Gasteiger partial charge in [-0.2, -0.15) is 0 Å². The van der Waals surface area contributed by atoms with Crippen LogP contribution in [0.25, 0.3) is 0 Å². The minimum absolute atomic E-state index is 0.264. The fourth-order valence-electron chi connectivity index (χ4n) is 1.88.